The van der Waals surface area contributed by atoms with Gasteiger partial charge in [-0.2, -0.15) is 0 Å². The van der Waals surface area contributed by atoms with E-state index in [1.807, 2.05) is 42.5 Å². The molecule has 0 saturated carbocycles. The first kappa shape index (κ1) is 30.8. The number of amides is 2. The van der Waals surface area contributed by atoms with Crippen LogP contribution in [0.15, 0.2) is 89.8 Å². The Balaban J connectivity index is 1.88. The van der Waals surface area contributed by atoms with Gasteiger partial charge in [-0.25, -0.2) is 14.8 Å². The highest BCUT2D eigenvalue weighted by atomic mass is 32.2. The number of carbonyl (C=O) groups excluding carboxylic acids is 3. The largest absolute Gasteiger partial charge is 0.478 e. The molecule has 3 aromatic carbocycles. The zero-order valence-corrected chi connectivity index (χ0v) is 24.5. The van der Waals surface area contributed by atoms with E-state index in [1.54, 1.807) is 49.4 Å². The molecule has 1 aliphatic rings. The number of carboxylic acid groups (broad SMARTS) is 1. The van der Waals surface area contributed by atoms with Crippen molar-refractivity contribution in [1.82, 2.24) is 10.3 Å². The van der Waals surface area contributed by atoms with E-state index in [9.17, 15) is 24.3 Å². The van der Waals surface area contributed by atoms with Crippen molar-refractivity contribution in [3.05, 3.63) is 96.1 Å². The number of nitrogens with zero attached hydrogens (tertiary/aromatic N) is 2. The third-order valence-corrected chi connectivity index (χ3v) is 8.03. The molecule has 0 aliphatic carbocycles. The lowest BCUT2D eigenvalue weighted by Gasteiger charge is -2.47. The second kappa shape index (κ2) is 14.2. The number of anilines is 1. The molecule has 0 bridgehead atoms. The van der Waals surface area contributed by atoms with Crippen LogP contribution < -0.4 is 10.3 Å². The molecule has 220 valence electrons. The molecule has 4 rings (SSSR count). The summed E-state index contributed by atoms with van der Waals surface area (Å²) in [5.41, 5.74) is -0.291. The van der Waals surface area contributed by atoms with Crippen molar-refractivity contribution in [1.29, 1.82) is 0 Å². The van der Waals surface area contributed by atoms with E-state index in [-0.39, 0.29) is 25.9 Å². The van der Waals surface area contributed by atoms with Crippen LogP contribution in [0.25, 0.3) is 0 Å². The maximum atomic E-state index is 13.7. The number of carboxylic acids is 1. The Kier molecular flexibility index (Phi) is 10.4. The van der Waals surface area contributed by atoms with E-state index >= 15 is 0 Å². The number of aryl methyl sites for hydroxylation is 1. The van der Waals surface area contributed by atoms with Gasteiger partial charge in [-0.1, -0.05) is 72.8 Å². The second-order valence-electron chi connectivity index (χ2n) is 9.90. The molecule has 1 aliphatic heterocycles. The predicted molar refractivity (Wildman–Crippen MR) is 161 cm³/mol. The van der Waals surface area contributed by atoms with Gasteiger partial charge in [0.25, 0.3) is 0 Å². The average Bonchev–Trinajstić information content (AvgIpc) is 3.14. The third-order valence-electron chi connectivity index (χ3n) is 6.97. The van der Waals surface area contributed by atoms with E-state index in [1.165, 1.54) is 23.7 Å². The highest BCUT2D eigenvalue weighted by Crippen LogP contribution is 2.37. The van der Waals surface area contributed by atoms with Crippen LogP contribution in [0.3, 0.4) is 0 Å². The van der Waals surface area contributed by atoms with Gasteiger partial charge < -0.3 is 9.84 Å². The molecule has 0 spiro atoms. The van der Waals surface area contributed by atoms with Crippen molar-refractivity contribution < 1.29 is 29.0 Å². The van der Waals surface area contributed by atoms with Crippen LogP contribution >= 0.6 is 11.8 Å². The summed E-state index contributed by atoms with van der Waals surface area (Å²) < 4.78 is 5.37. The van der Waals surface area contributed by atoms with Crippen molar-refractivity contribution in [2.75, 3.05) is 17.4 Å². The van der Waals surface area contributed by atoms with E-state index in [0.717, 1.165) is 15.5 Å². The molecule has 2 atom stereocenters. The third kappa shape index (κ3) is 7.00. The van der Waals surface area contributed by atoms with Gasteiger partial charge in [-0.05, 0) is 43.0 Å². The molecule has 42 heavy (non-hydrogen) atoms. The minimum absolute atomic E-state index is 0.0828. The van der Waals surface area contributed by atoms with Crippen LogP contribution in [0.2, 0.25) is 0 Å². The van der Waals surface area contributed by atoms with Crippen molar-refractivity contribution >= 4 is 41.2 Å². The predicted octanol–water partition coefficient (Wildman–Crippen LogP) is 4.46. The fourth-order valence-electron chi connectivity index (χ4n) is 5.08. The number of hydrazine groups is 1. The average molecular weight is 590 g/mol. The van der Waals surface area contributed by atoms with E-state index in [2.05, 4.69) is 5.32 Å². The number of hydrogen-bond acceptors (Lipinski definition) is 7. The number of hydrogen-bond donors (Lipinski definition) is 2. The van der Waals surface area contributed by atoms with Crippen LogP contribution in [0.5, 0.6) is 0 Å². The lowest BCUT2D eigenvalue weighted by atomic mass is 9.95. The molecular weight excluding hydrogens is 554 g/mol. The number of thioether (sulfide) groups is 1. The molecule has 0 radical (unpaired) electrons. The van der Waals surface area contributed by atoms with Gasteiger partial charge in [-0.3, -0.25) is 19.7 Å². The summed E-state index contributed by atoms with van der Waals surface area (Å²) in [5, 5.41) is 16.2. The van der Waals surface area contributed by atoms with Crippen molar-refractivity contribution in [2.24, 2.45) is 0 Å². The Bertz CT molecular complexity index is 1400. The molecule has 2 N–H and O–H groups in total. The lowest BCUT2D eigenvalue weighted by Crippen LogP contribution is -2.74. The lowest BCUT2D eigenvalue weighted by molar-refractivity contribution is -0.167. The fourth-order valence-corrected chi connectivity index (χ4v) is 6.06. The van der Waals surface area contributed by atoms with Crippen LogP contribution in [0.1, 0.15) is 37.8 Å². The second-order valence-corrected chi connectivity index (χ2v) is 11.0. The zero-order valence-electron chi connectivity index (χ0n) is 23.7. The van der Waals surface area contributed by atoms with Crippen LogP contribution in [0.4, 0.5) is 5.69 Å². The quantitative estimate of drug-likeness (QED) is 0.235. The molecule has 0 fully saturated rings. The van der Waals surface area contributed by atoms with Gasteiger partial charge >= 0.3 is 11.9 Å². The number of nitrogens with one attached hydrogen (secondary N) is 1. The molecule has 9 nitrogen and oxygen atoms in total. The first-order chi connectivity index (χ1) is 20.3. The number of rotatable bonds is 12. The normalized spacial score (nSPS) is 15.1. The van der Waals surface area contributed by atoms with Crippen LogP contribution in [-0.4, -0.2) is 57.9 Å². The Hall–Kier alpha value is -4.15. The minimum Gasteiger partial charge on any atom is -0.478 e. The Labute approximate surface area is 249 Å². The van der Waals surface area contributed by atoms with E-state index in [4.69, 9.17) is 4.74 Å². The van der Waals surface area contributed by atoms with E-state index < -0.39 is 35.5 Å². The summed E-state index contributed by atoms with van der Waals surface area (Å²) in [5.74, 6) is -2.71. The van der Waals surface area contributed by atoms with Gasteiger partial charge in [0.2, 0.25) is 17.5 Å². The highest BCUT2D eigenvalue weighted by molar-refractivity contribution is 7.99. The fraction of sp³-hybridized carbons (Fsp3) is 0.312. The maximum absolute atomic E-state index is 13.7. The van der Waals surface area contributed by atoms with Gasteiger partial charge in [0.15, 0.2) is 0 Å². The maximum Gasteiger partial charge on any atom is 0.347 e. The molecule has 0 aromatic heterocycles. The smallest absolute Gasteiger partial charge is 0.347 e. The number of fused-ring (bicyclic) bond motifs is 1. The summed E-state index contributed by atoms with van der Waals surface area (Å²) in [6.45, 7) is 2.99. The van der Waals surface area contributed by atoms with Gasteiger partial charge in [0.05, 0.1) is 12.3 Å². The van der Waals surface area contributed by atoms with Gasteiger partial charge in [0.1, 0.15) is 6.04 Å². The Morgan fingerprint density at radius 1 is 1.00 bits per heavy atom. The number of benzene rings is 3. The minimum atomic E-state index is -2.24. The summed E-state index contributed by atoms with van der Waals surface area (Å²) in [6, 6.07) is 24.3. The summed E-state index contributed by atoms with van der Waals surface area (Å²) in [6.07, 6.45) is 0.488. The molecule has 1 heterocycles. The van der Waals surface area contributed by atoms with Crippen LogP contribution in [-0.2, 0) is 36.8 Å². The van der Waals surface area contributed by atoms with Crippen molar-refractivity contribution in [2.45, 2.75) is 56.1 Å². The number of carbonyl (C=O) groups is 4. The van der Waals surface area contributed by atoms with Crippen LogP contribution in [0, 0.1) is 0 Å². The van der Waals surface area contributed by atoms with E-state index in [0.29, 0.717) is 23.4 Å². The molecule has 0 unspecified atom stereocenters. The first-order valence-corrected chi connectivity index (χ1v) is 14.9. The molecule has 0 saturated heterocycles. The van der Waals surface area contributed by atoms with Crippen molar-refractivity contribution in [3.8, 4) is 0 Å². The molecule has 10 heteroatoms. The van der Waals surface area contributed by atoms with Gasteiger partial charge in [-0.15, -0.1) is 11.8 Å². The highest BCUT2D eigenvalue weighted by Gasteiger charge is 2.53. The summed E-state index contributed by atoms with van der Waals surface area (Å²) in [7, 11) is 0. The monoisotopic (exact) mass is 589 g/mol. The molecular formula is C32H35N3O6S. The molecule has 2 amide bonds. The summed E-state index contributed by atoms with van der Waals surface area (Å²) in [4.78, 5) is 54.9. The number of ether oxygens (including phenoxy) is 1. The number of esters is 1. The molecule has 3 aromatic rings. The Morgan fingerprint density at radius 3 is 2.24 bits per heavy atom. The zero-order chi connectivity index (χ0) is 30.1. The van der Waals surface area contributed by atoms with Gasteiger partial charge in [0, 0.05) is 30.4 Å². The number of para-hydroxylation sites is 1. The SMILES string of the molecule is CCOC(=O)[C@H](CCc1ccccc1)N[C@](Cc1ccccc1)(C(=O)O)N(C(C)=O)N1C(=O)CCSc2ccccc21. The standard InChI is InChI=1S/C32H35N3O6S/c1-3-41-30(38)26(19-18-24-12-6-4-7-13-24)33-32(31(39)40,22-25-14-8-5-9-15-25)35(23(2)36)34-27-16-10-11-17-28(27)42-21-20-29(34)37/h4-17,26,33H,3,18-22H2,1-2H3,(H,39,40)/t26-,32-/m0/s1. The topological polar surface area (TPSA) is 116 Å². The summed E-state index contributed by atoms with van der Waals surface area (Å²) >= 11 is 1.46. The number of aliphatic carboxylic acids is 1. The first-order valence-electron chi connectivity index (χ1n) is 13.9. The van der Waals surface area contributed by atoms with Crippen molar-refractivity contribution in [3.63, 3.8) is 0 Å². The Morgan fingerprint density at radius 2 is 1.62 bits per heavy atom.